The highest BCUT2D eigenvalue weighted by Crippen LogP contribution is 2.31. The van der Waals surface area contributed by atoms with E-state index in [0.29, 0.717) is 40.3 Å². The van der Waals surface area contributed by atoms with E-state index in [2.05, 4.69) is 51.8 Å². The third-order valence-corrected chi connectivity index (χ3v) is 8.97. The third kappa shape index (κ3) is 11.6. The molecule has 0 saturated heterocycles. The van der Waals surface area contributed by atoms with Crippen molar-refractivity contribution in [1.29, 1.82) is 0 Å². The van der Waals surface area contributed by atoms with Crippen molar-refractivity contribution in [1.82, 2.24) is 19.9 Å². The van der Waals surface area contributed by atoms with Crippen LogP contribution in [0.1, 0.15) is 16.7 Å². The van der Waals surface area contributed by atoms with Crippen molar-refractivity contribution in [3.8, 4) is 22.6 Å². The first kappa shape index (κ1) is 42.6. The van der Waals surface area contributed by atoms with Crippen molar-refractivity contribution >= 4 is 58.2 Å². The maximum Gasteiger partial charge on any atom is 0.416 e. The number of halogens is 4. The highest BCUT2D eigenvalue weighted by Gasteiger charge is 2.30. The molecule has 0 saturated carbocycles. The third-order valence-electron chi connectivity index (χ3n) is 8.97. The number of anilines is 8. The Balaban J connectivity index is 0.000000190. The molecule has 0 aliphatic carbocycles. The fraction of sp³-hybridized carbons (Fsp3) is 0.0667. The average molecular weight is 857 g/mol. The lowest BCUT2D eigenvalue weighted by atomic mass is 10.2. The van der Waals surface area contributed by atoms with Crippen molar-refractivity contribution in [3.63, 3.8) is 0 Å². The number of oxazole rings is 2. The Labute approximate surface area is 356 Å². The van der Waals surface area contributed by atoms with E-state index >= 15 is 0 Å². The average Bonchev–Trinajstić information content (AvgIpc) is 3.95. The summed E-state index contributed by atoms with van der Waals surface area (Å²) in [6, 6.07) is 27.4. The van der Waals surface area contributed by atoms with Crippen LogP contribution in [0.3, 0.4) is 0 Å². The van der Waals surface area contributed by atoms with Gasteiger partial charge in [0.1, 0.15) is 5.82 Å². The van der Waals surface area contributed by atoms with Crippen LogP contribution in [-0.2, 0) is 6.18 Å². The van der Waals surface area contributed by atoms with Crippen LogP contribution in [-0.4, -0.2) is 32.0 Å². The summed E-state index contributed by atoms with van der Waals surface area (Å²) in [6.07, 6.45) is 5.45. The summed E-state index contributed by atoms with van der Waals surface area (Å²) >= 11 is 0. The minimum absolute atomic E-state index is 0.100. The van der Waals surface area contributed by atoms with Gasteiger partial charge in [0.2, 0.25) is 0 Å². The van der Waals surface area contributed by atoms with E-state index in [1.807, 2.05) is 38.1 Å². The topological polar surface area (TPSA) is 184 Å². The molecule has 8 rings (SSSR count). The van der Waals surface area contributed by atoms with E-state index in [-0.39, 0.29) is 17.4 Å². The fourth-order valence-electron chi connectivity index (χ4n) is 5.73. The number of amides is 4. The van der Waals surface area contributed by atoms with Crippen LogP contribution in [0, 0.1) is 19.7 Å². The zero-order chi connectivity index (χ0) is 44.3. The molecule has 4 amide bonds. The molecule has 0 aliphatic heterocycles. The zero-order valence-corrected chi connectivity index (χ0v) is 33.3. The zero-order valence-electron chi connectivity index (χ0n) is 33.3. The van der Waals surface area contributed by atoms with Crippen LogP contribution in [0.4, 0.5) is 73.3 Å². The number of hydrogen-bond acceptors (Lipinski definition) is 10. The molecule has 318 valence electrons. The van der Waals surface area contributed by atoms with Crippen LogP contribution in [0.25, 0.3) is 22.6 Å². The molecule has 0 unspecified atom stereocenters. The van der Waals surface area contributed by atoms with Crippen molar-refractivity contribution < 1.29 is 36.0 Å². The Morgan fingerprint density at radius 3 is 1.49 bits per heavy atom. The molecular formula is C45H36F4N10O4. The van der Waals surface area contributed by atoms with Gasteiger partial charge in [0.05, 0.1) is 23.6 Å². The molecule has 0 bridgehead atoms. The van der Waals surface area contributed by atoms with Crippen LogP contribution >= 0.6 is 0 Å². The van der Waals surface area contributed by atoms with Gasteiger partial charge in [0, 0.05) is 64.4 Å². The van der Waals surface area contributed by atoms with Gasteiger partial charge in [0.15, 0.2) is 11.5 Å². The predicted molar refractivity (Wildman–Crippen MR) is 232 cm³/mol. The number of urea groups is 2. The second kappa shape index (κ2) is 19.2. The number of nitrogens with zero attached hydrogens (tertiary/aromatic N) is 4. The second-order valence-corrected chi connectivity index (χ2v) is 13.6. The number of hydrogen-bond donors (Lipinski definition) is 6. The monoisotopic (exact) mass is 856 g/mol. The number of para-hydroxylation sites is 1. The summed E-state index contributed by atoms with van der Waals surface area (Å²) in [7, 11) is 0. The molecule has 4 heterocycles. The molecule has 0 aliphatic rings. The van der Waals surface area contributed by atoms with Gasteiger partial charge in [-0.1, -0.05) is 24.3 Å². The molecule has 8 aromatic rings. The molecule has 4 aromatic carbocycles. The van der Waals surface area contributed by atoms with Crippen molar-refractivity contribution in [2.45, 2.75) is 20.0 Å². The minimum Gasteiger partial charge on any atom is -0.423 e. The Hall–Kier alpha value is -8.54. The SMILES string of the molecule is Cc1ccc(NC(=O)Nc2ccc(C(F)(F)F)cc2)cc1Nc1ncc(-c2cccnc2)o1.Cc1ccc(NC(=O)Nc2ccccc2F)cc1Nc1ncc(-c2cccnc2)o1. The summed E-state index contributed by atoms with van der Waals surface area (Å²) < 4.78 is 63.2. The number of pyridine rings is 2. The van der Waals surface area contributed by atoms with Crippen molar-refractivity contribution in [3.05, 3.63) is 169 Å². The van der Waals surface area contributed by atoms with E-state index < -0.39 is 29.6 Å². The van der Waals surface area contributed by atoms with Crippen LogP contribution in [0.2, 0.25) is 0 Å². The number of carbonyl (C=O) groups is 2. The molecule has 0 atom stereocenters. The molecule has 14 nitrogen and oxygen atoms in total. The summed E-state index contributed by atoms with van der Waals surface area (Å²) in [5, 5.41) is 16.5. The standard InChI is InChI=1S/C23H18F3N5O2.C22H18FN5O2/c1-14-4-7-18(30-21(32)29-17-8-5-16(6-9-17)23(24,25)26)11-19(14)31-22-28-13-20(33-22)15-3-2-10-27-12-15;1-14-8-9-16(26-21(29)27-18-7-3-2-6-17(18)23)11-19(14)28-22-25-13-20(30-22)15-5-4-10-24-12-15/h2-13H,1H3,(H,28,31)(H2,29,30,32);2-13H,1H3,(H,25,28)(H2,26,27,29). The van der Waals surface area contributed by atoms with Gasteiger partial charge in [-0.3, -0.25) is 9.97 Å². The molecule has 18 heteroatoms. The molecular weight excluding hydrogens is 821 g/mol. The van der Waals surface area contributed by atoms with Gasteiger partial charge < -0.3 is 40.7 Å². The highest BCUT2D eigenvalue weighted by atomic mass is 19.4. The molecule has 0 radical (unpaired) electrons. The van der Waals surface area contributed by atoms with Gasteiger partial charge in [-0.2, -0.15) is 13.2 Å². The van der Waals surface area contributed by atoms with E-state index in [9.17, 15) is 27.2 Å². The van der Waals surface area contributed by atoms with Crippen molar-refractivity contribution in [2.75, 3.05) is 31.9 Å². The summed E-state index contributed by atoms with van der Waals surface area (Å²) in [6.45, 7) is 3.79. The van der Waals surface area contributed by atoms with Crippen LogP contribution in [0.5, 0.6) is 0 Å². The van der Waals surface area contributed by atoms with Crippen molar-refractivity contribution in [2.24, 2.45) is 0 Å². The smallest absolute Gasteiger partial charge is 0.416 e. The predicted octanol–water partition coefficient (Wildman–Crippen LogP) is 12.0. The first-order chi connectivity index (χ1) is 30.4. The molecule has 63 heavy (non-hydrogen) atoms. The largest absolute Gasteiger partial charge is 0.423 e. The number of aromatic nitrogens is 4. The van der Waals surface area contributed by atoms with Gasteiger partial charge in [-0.05, 0) is 110 Å². The number of aryl methyl sites for hydroxylation is 2. The summed E-state index contributed by atoms with van der Waals surface area (Å²) in [5.41, 5.74) is 5.29. The lowest BCUT2D eigenvalue weighted by Crippen LogP contribution is -2.20. The van der Waals surface area contributed by atoms with Crippen LogP contribution in [0.15, 0.2) is 155 Å². The normalized spacial score (nSPS) is 10.8. The number of benzene rings is 4. The molecule has 0 fully saturated rings. The van der Waals surface area contributed by atoms with E-state index in [1.165, 1.54) is 24.3 Å². The van der Waals surface area contributed by atoms with E-state index in [4.69, 9.17) is 8.83 Å². The number of nitrogens with one attached hydrogen (secondary N) is 6. The Morgan fingerprint density at radius 2 is 1.02 bits per heavy atom. The maximum atomic E-state index is 13.7. The lowest BCUT2D eigenvalue weighted by Gasteiger charge is -2.12. The van der Waals surface area contributed by atoms with Crippen LogP contribution < -0.4 is 31.9 Å². The summed E-state index contributed by atoms with van der Waals surface area (Å²) in [4.78, 5) is 41.0. The summed E-state index contributed by atoms with van der Waals surface area (Å²) in [5.74, 6) is 0.627. The molecule has 0 spiro atoms. The van der Waals surface area contributed by atoms with Gasteiger partial charge >= 0.3 is 18.2 Å². The Bertz CT molecular complexity index is 2820. The van der Waals surface area contributed by atoms with Gasteiger partial charge in [-0.25, -0.2) is 23.9 Å². The number of alkyl halides is 3. The first-order valence-corrected chi connectivity index (χ1v) is 18.9. The van der Waals surface area contributed by atoms with E-state index in [1.54, 1.807) is 85.7 Å². The number of rotatable bonds is 10. The maximum absolute atomic E-state index is 13.7. The number of carbonyl (C=O) groups excluding carboxylic acids is 2. The molecule has 6 N–H and O–H groups in total. The molecule has 4 aromatic heterocycles. The minimum atomic E-state index is -4.44. The van der Waals surface area contributed by atoms with Gasteiger partial charge in [0.25, 0.3) is 12.0 Å². The fourth-order valence-corrected chi connectivity index (χ4v) is 5.73. The Kier molecular flexibility index (Phi) is 13.0. The van der Waals surface area contributed by atoms with E-state index in [0.717, 1.165) is 34.4 Å². The quantitative estimate of drug-likeness (QED) is 0.0723. The highest BCUT2D eigenvalue weighted by molar-refractivity contribution is 6.01. The van der Waals surface area contributed by atoms with Gasteiger partial charge in [-0.15, -0.1) is 0 Å². The first-order valence-electron chi connectivity index (χ1n) is 18.9. The second-order valence-electron chi connectivity index (χ2n) is 13.6. The lowest BCUT2D eigenvalue weighted by molar-refractivity contribution is -0.137. The Morgan fingerprint density at radius 1 is 0.540 bits per heavy atom.